The smallest absolute Gasteiger partial charge is 0.443 e. The fourth-order valence-corrected chi connectivity index (χ4v) is 3.86. The van der Waals surface area contributed by atoms with E-state index in [0.29, 0.717) is 0 Å². The van der Waals surface area contributed by atoms with E-state index in [1.54, 1.807) is 6.08 Å². The number of hydrogen-bond acceptors (Lipinski definition) is 5. The SMILES string of the molecule is C=CCOC(COC(c1ccccc1)(c1ccccc1)c1ccccc1)C/C([N+]#N)=C(/O)OC. The van der Waals surface area contributed by atoms with Crippen LogP contribution in [0.4, 0.5) is 0 Å². The number of aliphatic hydroxyl groups is 1. The monoisotopic (exact) mass is 457 g/mol. The van der Waals surface area contributed by atoms with Gasteiger partial charge < -0.3 is 19.3 Å². The molecule has 0 saturated heterocycles. The third kappa shape index (κ3) is 5.70. The number of hydrogen-bond donors (Lipinski definition) is 1. The van der Waals surface area contributed by atoms with Crippen LogP contribution in [0.5, 0.6) is 0 Å². The molecule has 1 N–H and O–H groups in total. The lowest BCUT2D eigenvalue weighted by molar-refractivity contribution is -0.0590. The van der Waals surface area contributed by atoms with E-state index >= 15 is 0 Å². The quantitative estimate of drug-likeness (QED) is 0.152. The number of benzene rings is 3. The number of rotatable bonds is 12. The molecule has 174 valence electrons. The van der Waals surface area contributed by atoms with Gasteiger partial charge in [0.15, 0.2) is 4.98 Å². The number of diazo groups is 1. The average molecular weight is 458 g/mol. The molecule has 34 heavy (non-hydrogen) atoms. The Labute approximate surface area is 200 Å². The lowest BCUT2D eigenvalue weighted by Crippen LogP contribution is -2.36. The van der Waals surface area contributed by atoms with Crippen LogP contribution in [0.25, 0.3) is 4.98 Å². The van der Waals surface area contributed by atoms with Crippen molar-refractivity contribution in [1.82, 2.24) is 0 Å². The minimum Gasteiger partial charge on any atom is -0.475 e. The normalized spacial score (nSPS) is 12.8. The highest BCUT2D eigenvalue weighted by atomic mass is 16.6. The van der Waals surface area contributed by atoms with Crippen LogP contribution in [0.3, 0.4) is 0 Å². The molecule has 3 rings (SSSR count). The molecule has 6 heteroatoms. The van der Waals surface area contributed by atoms with E-state index in [2.05, 4.69) is 11.6 Å². The van der Waals surface area contributed by atoms with Gasteiger partial charge in [-0.15, -0.1) is 6.58 Å². The number of methoxy groups -OCH3 is 1. The van der Waals surface area contributed by atoms with Crippen molar-refractivity contribution in [3.05, 3.63) is 137 Å². The number of nitrogens with zero attached hydrogens (tertiary/aromatic N) is 2. The highest BCUT2D eigenvalue weighted by Gasteiger charge is 2.39. The topological polar surface area (TPSA) is 76.1 Å². The molecule has 3 aromatic carbocycles. The van der Waals surface area contributed by atoms with Gasteiger partial charge in [0.25, 0.3) is 0 Å². The lowest BCUT2D eigenvalue weighted by atomic mass is 9.80. The maximum absolute atomic E-state index is 9.94. The van der Waals surface area contributed by atoms with Crippen molar-refractivity contribution < 1.29 is 19.3 Å². The fraction of sp³-hybridized carbons (Fsp3) is 0.214. The van der Waals surface area contributed by atoms with Crippen molar-refractivity contribution >= 4 is 0 Å². The molecule has 3 aromatic rings. The van der Waals surface area contributed by atoms with Gasteiger partial charge in [-0.25, -0.2) is 0 Å². The van der Waals surface area contributed by atoms with Crippen molar-refractivity contribution in [1.29, 1.82) is 5.39 Å². The van der Waals surface area contributed by atoms with Crippen LogP contribution in [0.15, 0.2) is 115 Å². The molecule has 6 nitrogen and oxygen atoms in total. The first-order chi connectivity index (χ1) is 16.7. The molecule has 0 heterocycles. The molecule has 0 aliphatic rings. The Hall–Kier alpha value is -3.92. The van der Waals surface area contributed by atoms with Crippen molar-refractivity contribution in [2.75, 3.05) is 20.3 Å². The van der Waals surface area contributed by atoms with Crippen molar-refractivity contribution in [2.24, 2.45) is 0 Å². The first kappa shape index (κ1) is 24.7. The summed E-state index contributed by atoms with van der Waals surface area (Å²) in [5, 5.41) is 19.3. The van der Waals surface area contributed by atoms with E-state index in [0.717, 1.165) is 16.7 Å². The van der Waals surface area contributed by atoms with E-state index in [1.165, 1.54) is 7.11 Å². The van der Waals surface area contributed by atoms with Gasteiger partial charge >= 0.3 is 11.6 Å². The molecule has 0 spiro atoms. The second-order valence-corrected chi connectivity index (χ2v) is 7.59. The van der Waals surface area contributed by atoms with Gasteiger partial charge in [-0.05, 0) is 16.7 Å². The van der Waals surface area contributed by atoms with Crippen LogP contribution in [-0.2, 0) is 19.8 Å². The minimum absolute atomic E-state index is 0.0371. The third-order valence-electron chi connectivity index (χ3n) is 5.46. The summed E-state index contributed by atoms with van der Waals surface area (Å²) in [6, 6.07) is 30.0. The molecule has 1 atom stereocenters. The Balaban J connectivity index is 2.07. The molecule has 0 amide bonds. The number of aliphatic hydroxyl groups excluding tert-OH is 1. The largest absolute Gasteiger partial charge is 0.475 e. The van der Waals surface area contributed by atoms with E-state index in [-0.39, 0.29) is 25.3 Å². The second-order valence-electron chi connectivity index (χ2n) is 7.59. The summed E-state index contributed by atoms with van der Waals surface area (Å²) < 4.78 is 17.5. The molecule has 0 saturated carbocycles. The summed E-state index contributed by atoms with van der Waals surface area (Å²) in [4.78, 5) is 3.17. The van der Waals surface area contributed by atoms with Crippen LogP contribution in [0, 0.1) is 5.39 Å². The van der Waals surface area contributed by atoms with Gasteiger partial charge in [0.1, 0.15) is 5.60 Å². The maximum atomic E-state index is 9.94. The Bertz CT molecular complexity index is 1010. The molecule has 0 aliphatic heterocycles. The maximum Gasteiger partial charge on any atom is 0.443 e. The van der Waals surface area contributed by atoms with Crippen LogP contribution < -0.4 is 0 Å². The van der Waals surface area contributed by atoms with E-state index < -0.39 is 17.7 Å². The van der Waals surface area contributed by atoms with Gasteiger partial charge in [0, 0.05) is 0 Å². The first-order valence-electron chi connectivity index (χ1n) is 11.0. The molecule has 0 radical (unpaired) electrons. The summed E-state index contributed by atoms with van der Waals surface area (Å²) in [5.41, 5.74) is 1.90. The van der Waals surface area contributed by atoms with E-state index in [4.69, 9.17) is 14.2 Å². The van der Waals surface area contributed by atoms with Crippen LogP contribution in [-0.4, -0.2) is 31.5 Å². The van der Waals surface area contributed by atoms with E-state index in [9.17, 15) is 10.5 Å². The van der Waals surface area contributed by atoms with Gasteiger partial charge in [-0.1, -0.05) is 97.1 Å². The second kappa shape index (κ2) is 12.4. The molecular weight excluding hydrogens is 428 g/mol. The van der Waals surface area contributed by atoms with Gasteiger partial charge in [-0.3, -0.25) is 0 Å². The standard InChI is InChI=1S/C28H28N2O4/c1-3-19-33-25(20-26(30-29)27(31)32-2)21-34-28(22-13-7-4-8-14-22,23-15-9-5-10-16-23)24-17-11-6-12-18-24/h3-18,25H,1,19-21H2,2H3/p+1/b27-26+. The fourth-order valence-electron chi connectivity index (χ4n) is 3.86. The molecule has 1 unspecified atom stereocenters. The Morgan fingerprint density at radius 1 is 0.941 bits per heavy atom. The highest BCUT2D eigenvalue weighted by molar-refractivity contribution is 5.47. The summed E-state index contributed by atoms with van der Waals surface area (Å²) in [5.74, 6) is -0.477. The van der Waals surface area contributed by atoms with Crippen LogP contribution >= 0.6 is 0 Å². The molecule has 0 aliphatic carbocycles. The predicted molar refractivity (Wildman–Crippen MR) is 131 cm³/mol. The van der Waals surface area contributed by atoms with Crippen LogP contribution in [0.2, 0.25) is 0 Å². The zero-order valence-electron chi connectivity index (χ0n) is 19.2. The summed E-state index contributed by atoms with van der Waals surface area (Å²) in [7, 11) is 1.29. The zero-order chi connectivity index (χ0) is 24.2. The summed E-state index contributed by atoms with van der Waals surface area (Å²) in [6.07, 6.45) is 1.14. The third-order valence-corrected chi connectivity index (χ3v) is 5.46. The molecule has 0 aromatic heterocycles. The minimum atomic E-state index is -0.927. The summed E-state index contributed by atoms with van der Waals surface area (Å²) >= 11 is 0. The highest BCUT2D eigenvalue weighted by Crippen LogP contribution is 2.40. The first-order valence-corrected chi connectivity index (χ1v) is 11.0. The molecular formula is C28H29N2O4+. The van der Waals surface area contributed by atoms with Gasteiger partial charge in [0.2, 0.25) is 5.39 Å². The van der Waals surface area contributed by atoms with E-state index in [1.807, 2.05) is 91.0 Å². The Kier molecular flexibility index (Phi) is 8.98. The van der Waals surface area contributed by atoms with Crippen molar-refractivity contribution in [2.45, 2.75) is 18.1 Å². The average Bonchev–Trinajstić information content (AvgIpc) is 2.91. The predicted octanol–water partition coefficient (Wildman–Crippen LogP) is 6.18. The van der Waals surface area contributed by atoms with Crippen molar-refractivity contribution in [3.63, 3.8) is 0 Å². The Morgan fingerprint density at radius 3 is 1.79 bits per heavy atom. The number of ether oxygens (including phenoxy) is 3. The molecule has 0 fully saturated rings. The zero-order valence-corrected chi connectivity index (χ0v) is 19.2. The molecule has 0 bridgehead atoms. The van der Waals surface area contributed by atoms with Gasteiger partial charge in [0.05, 0.1) is 32.8 Å². The Morgan fingerprint density at radius 2 is 1.41 bits per heavy atom. The van der Waals surface area contributed by atoms with Gasteiger partial charge in [-0.2, -0.15) is 0 Å². The lowest BCUT2D eigenvalue weighted by Gasteiger charge is -2.37. The van der Waals surface area contributed by atoms with Crippen LogP contribution in [0.1, 0.15) is 23.1 Å². The summed E-state index contributed by atoms with van der Waals surface area (Å²) in [6.45, 7) is 4.10. The van der Waals surface area contributed by atoms with Crippen molar-refractivity contribution in [3.8, 4) is 0 Å².